The molecule has 1 aromatic heterocycles. The number of aryl methyl sites for hydroxylation is 1. The molecule has 1 saturated carbocycles. The smallest absolute Gasteiger partial charge is 0.267 e. The van der Waals surface area contributed by atoms with Crippen molar-refractivity contribution in [3.8, 4) is 0 Å². The summed E-state index contributed by atoms with van der Waals surface area (Å²) in [5.74, 6) is 0.579. The van der Waals surface area contributed by atoms with Crippen LogP contribution >= 0.6 is 11.5 Å². The molecule has 0 spiro atoms. The lowest BCUT2D eigenvalue weighted by Crippen LogP contribution is -2.43. The largest absolute Gasteiger partial charge is 0.336 e. The first-order chi connectivity index (χ1) is 7.65. The molecule has 1 heterocycles. The first-order valence-electron chi connectivity index (χ1n) is 5.41. The van der Waals surface area contributed by atoms with E-state index in [1.807, 2.05) is 7.05 Å². The molecule has 0 saturated heterocycles. The number of hydrogen-bond acceptors (Lipinski definition) is 5. The second kappa shape index (κ2) is 4.47. The van der Waals surface area contributed by atoms with Gasteiger partial charge in [0.25, 0.3) is 5.91 Å². The van der Waals surface area contributed by atoms with E-state index in [1.54, 1.807) is 11.8 Å². The second-order valence-corrected chi connectivity index (χ2v) is 5.00. The van der Waals surface area contributed by atoms with E-state index in [0.29, 0.717) is 23.0 Å². The van der Waals surface area contributed by atoms with Gasteiger partial charge in [0.15, 0.2) is 0 Å². The zero-order valence-electron chi connectivity index (χ0n) is 9.51. The van der Waals surface area contributed by atoms with Crippen LogP contribution in [0.4, 0.5) is 0 Å². The van der Waals surface area contributed by atoms with Crippen LogP contribution in [-0.4, -0.2) is 40.0 Å². The number of amides is 1. The van der Waals surface area contributed by atoms with Crippen molar-refractivity contribution in [2.45, 2.75) is 25.8 Å². The van der Waals surface area contributed by atoms with Crippen molar-refractivity contribution in [1.82, 2.24) is 14.5 Å². The highest BCUT2D eigenvalue weighted by Gasteiger charge is 2.35. The minimum Gasteiger partial charge on any atom is -0.336 e. The Morgan fingerprint density at radius 1 is 1.69 bits per heavy atom. The molecule has 88 valence electrons. The summed E-state index contributed by atoms with van der Waals surface area (Å²) in [6.45, 7) is 2.33. The highest BCUT2D eigenvalue weighted by molar-refractivity contribution is 7.07. The van der Waals surface area contributed by atoms with Crippen molar-refractivity contribution < 1.29 is 4.79 Å². The molecule has 1 aliphatic carbocycles. The maximum atomic E-state index is 12.2. The molecule has 5 nitrogen and oxygen atoms in total. The average Bonchev–Trinajstić information content (AvgIpc) is 3.01. The molecule has 16 heavy (non-hydrogen) atoms. The van der Waals surface area contributed by atoms with Crippen LogP contribution in [0.2, 0.25) is 0 Å². The molecule has 2 N–H and O–H groups in total. The van der Waals surface area contributed by atoms with E-state index in [-0.39, 0.29) is 11.9 Å². The predicted molar refractivity (Wildman–Crippen MR) is 62.3 cm³/mol. The summed E-state index contributed by atoms with van der Waals surface area (Å²) >= 11 is 1.15. The van der Waals surface area contributed by atoms with Crippen molar-refractivity contribution in [2.75, 3.05) is 13.6 Å². The Balaban J connectivity index is 2.11. The van der Waals surface area contributed by atoms with Crippen LogP contribution in [-0.2, 0) is 0 Å². The van der Waals surface area contributed by atoms with E-state index < -0.39 is 0 Å². The monoisotopic (exact) mass is 240 g/mol. The van der Waals surface area contributed by atoms with Crippen LogP contribution in [0.25, 0.3) is 0 Å². The fourth-order valence-electron chi connectivity index (χ4n) is 1.89. The van der Waals surface area contributed by atoms with Crippen LogP contribution in [0.5, 0.6) is 0 Å². The zero-order chi connectivity index (χ0) is 11.7. The number of nitrogens with two attached hydrogens (primary N) is 1. The number of hydrogen-bond donors (Lipinski definition) is 1. The van der Waals surface area contributed by atoms with Crippen molar-refractivity contribution in [2.24, 2.45) is 11.7 Å². The fraction of sp³-hybridized carbons (Fsp3) is 0.700. The van der Waals surface area contributed by atoms with Crippen LogP contribution in [0.15, 0.2) is 0 Å². The lowest BCUT2D eigenvalue weighted by atomic mass is 10.1. The molecule has 0 bridgehead atoms. The molecule has 1 aromatic rings. The molecule has 1 fully saturated rings. The SMILES string of the molecule is Cc1nnsc1C(=O)N(C)C(CN)C1CC1. The van der Waals surface area contributed by atoms with Crippen LogP contribution in [0, 0.1) is 12.8 Å². The molecule has 0 aliphatic heterocycles. The molecular formula is C10H16N4OS. The first-order valence-corrected chi connectivity index (χ1v) is 6.18. The van der Waals surface area contributed by atoms with Crippen LogP contribution in [0.1, 0.15) is 28.2 Å². The van der Waals surface area contributed by atoms with Crippen LogP contribution in [0.3, 0.4) is 0 Å². The molecule has 2 rings (SSSR count). The number of likely N-dealkylation sites (N-methyl/N-ethyl adjacent to an activating group) is 1. The Morgan fingerprint density at radius 3 is 2.81 bits per heavy atom. The van der Waals surface area contributed by atoms with Gasteiger partial charge in [-0.3, -0.25) is 4.79 Å². The highest BCUT2D eigenvalue weighted by atomic mass is 32.1. The van der Waals surface area contributed by atoms with Gasteiger partial charge in [-0.1, -0.05) is 4.49 Å². The number of nitrogens with zero attached hydrogens (tertiary/aromatic N) is 3. The summed E-state index contributed by atoms with van der Waals surface area (Å²) in [5, 5.41) is 3.86. The van der Waals surface area contributed by atoms with E-state index in [0.717, 1.165) is 11.5 Å². The number of aromatic nitrogens is 2. The van der Waals surface area contributed by atoms with Gasteiger partial charge in [0, 0.05) is 19.6 Å². The molecule has 6 heteroatoms. The van der Waals surface area contributed by atoms with Crippen molar-refractivity contribution >= 4 is 17.4 Å². The Kier molecular flexibility index (Phi) is 3.20. The fourth-order valence-corrected chi connectivity index (χ4v) is 2.53. The topological polar surface area (TPSA) is 72.1 Å². The number of carbonyl (C=O) groups excluding carboxylic acids is 1. The molecule has 0 radical (unpaired) electrons. The summed E-state index contributed by atoms with van der Waals surface area (Å²) in [7, 11) is 1.82. The van der Waals surface area contributed by atoms with Gasteiger partial charge in [-0.05, 0) is 37.2 Å². The first kappa shape index (κ1) is 11.5. The number of rotatable bonds is 4. The summed E-state index contributed by atoms with van der Waals surface area (Å²) in [4.78, 5) is 14.5. The third-order valence-electron chi connectivity index (χ3n) is 3.07. The summed E-state index contributed by atoms with van der Waals surface area (Å²) < 4.78 is 3.78. The normalized spacial score (nSPS) is 17.2. The Labute approximate surface area is 98.8 Å². The van der Waals surface area contributed by atoms with Crippen molar-refractivity contribution in [1.29, 1.82) is 0 Å². The van der Waals surface area contributed by atoms with Gasteiger partial charge < -0.3 is 10.6 Å². The molecule has 1 aliphatic rings. The van der Waals surface area contributed by atoms with E-state index in [2.05, 4.69) is 9.59 Å². The lowest BCUT2D eigenvalue weighted by molar-refractivity contribution is 0.0722. The average molecular weight is 240 g/mol. The van der Waals surface area contributed by atoms with E-state index in [1.165, 1.54) is 12.8 Å². The van der Waals surface area contributed by atoms with Gasteiger partial charge in [-0.2, -0.15) is 0 Å². The second-order valence-electron chi connectivity index (χ2n) is 4.24. The Bertz CT molecular complexity index is 388. The highest BCUT2D eigenvalue weighted by Crippen LogP contribution is 2.35. The van der Waals surface area contributed by atoms with E-state index in [4.69, 9.17) is 5.73 Å². The molecule has 1 atom stereocenters. The number of carbonyl (C=O) groups is 1. The minimum absolute atomic E-state index is 0.00477. The molecule has 0 aromatic carbocycles. The zero-order valence-corrected chi connectivity index (χ0v) is 10.3. The van der Waals surface area contributed by atoms with Gasteiger partial charge in [-0.25, -0.2) is 0 Å². The molecular weight excluding hydrogens is 224 g/mol. The summed E-state index contributed by atoms with van der Waals surface area (Å²) in [5.41, 5.74) is 6.42. The molecule has 1 unspecified atom stereocenters. The quantitative estimate of drug-likeness (QED) is 0.839. The maximum Gasteiger partial charge on any atom is 0.267 e. The summed E-state index contributed by atoms with van der Waals surface area (Å²) in [6.07, 6.45) is 2.36. The van der Waals surface area contributed by atoms with E-state index in [9.17, 15) is 4.79 Å². The predicted octanol–water partition coefficient (Wildman–Crippen LogP) is 0.656. The van der Waals surface area contributed by atoms with Gasteiger partial charge in [0.1, 0.15) is 4.88 Å². The Hall–Kier alpha value is -1.01. The standard InChI is InChI=1S/C10H16N4OS/c1-6-9(16-13-12-6)10(15)14(2)8(5-11)7-3-4-7/h7-8H,3-5,11H2,1-2H3. The lowest BCUT2D eigenvalue weighted by Gasteiger charge is -2.26. The Morgan fingerprint density at radius 2 is 2.38 bits per heavy atom. The maximum absolute atomic E-state index is 12.2. The van der Waals surface area contributed by atoms with Gasteiger partial charge in [0.05, 0.1) is 5.69 Å². The van der Waals surface area contributed by atoms with Gasteiger partial charge in [-0.15, -0.1) is 5.10 Å². The van der Waals surface area contributed by atoms with Gasteiger partial charge >= 0.3 is 0 Å². The minimum atomic E-state index is -0.00477. The third kappa shape index (κ3) is 2.08. The van der Waals surface area contributed by atoms with Crippen molar-refractivity contribution in [3.63, 3.8) is 0 Å². The third-order valence-corrected chi connectivity index (χ3v) is 3.89. The van der Waals surface area contributed by atoms with Crippen molar-refractivity contribution in [3.05, 3.63) is 10.6 Å². The molecule has 1 amide bonds. The van der Waals surface area contributed by atoms with Gasteiger partial charge in [0.2, 0.25) is 0 Å². The summed E-state index contributed by atoms with van der Waals surface area (Å²) in [6, 6.07) is 0.161. The van der Waals surface area contributed by atoms with E-state index >= 15 is 0 Å². The van der Waals surface area contributed by atoms with Crippen LogP contribution < -0.4 is 5.73 Å².